The lowest BCUT2D eigenvalue weighted by Gasteiger charge is -2.35. The first-order chi connectivity index (χ1) is 15.3. The Balaban J connectivity index is 1.70. The number of amides is 1. The summed E-state index contributed by atoms with van der Waals surface area (Å²) >= 11 is 0. The molecule has 1 amide bonds. The van der Waals surface area contributed by atoms with E-state index in [2.05, 4.69) is 5.32 Å². The highest BCUT2D eigenvalue weighted by atomic mass is 32.2. The molecule has 1 heterocycles. The standard InChI is InChI=1S/C23H21N3O5S/c1-16-9-11-21(12-10-16)32(30,31)25-15-18-6-3-2-5-17(18)13-22(25)23(27)24-19-7-4-8-20(14-19)26(28)29/h2-12,14,22H,13,15H2,1H3,(H,24,27)/t22-/m1/s1. The number of sulfonamides is 1. The second-order valence-corrected chi connectivity index (χ2v) is 9.54. The van der Waals surface area contributed by atoms with E-state index in [9.17, 15) is 23.3 Å². The van der Waals surface area contributed by atoms with E-state index in [1.54, 1.807) is 12.1 Å². The van der Waals surface area contributed by atoms with Gasteiger partial charge in [-0.1, -0.05) is 48.0 Å². The van der Waals surface area contributed by atoms with Crippen molar-refractivity contribution in [2.45, 2.75) is 30.8 Å². The number of benzene rings is 3. The fourth-order valence-electron chi connectivity index (χ4n) is 3.74. The Morgan fingerprint density at radius 3 is 2.41 bits per heavy atom. The van der Waals surface area contributed by atoms with Gasteiger partial charge in [0.2, 0.25) is 15.9 Å². The molecular formula is C23H21N3O5S. The van der Waals surface area contributed by atoms with Crippen LogP contribution in [0.5, 0.6) is 0 Å². The van der Waals surface area contributed by atoms with Crippen LogP contribution in [0.2, 0.25) is 0 Å². The Labute approximate surface area is 185 Å². The van der Waals surface area contributed by atoms with Crippen molar-refractivity contribution in [3.05, 3.63) is 99.6 Å². The van der Waals surface area contributed by atoms with Crippen molar-refractivity contribution in [2.75, 3.05) is 5.32 Å². The fourth-order valence-corrected chi connectivity index (χ4v) is 5.31. The van der Waals surface area contributed by atoms with Crippen LogP contribution in [0.3, 0.4) is 0 Å². The maximum Gasteiger partial charge on any atom is 0.271 e. The first kappa shape index (κ1) is 21.7. The van der Waals surface area contributed by atoms with Gasteiger partial charge in [-0.3, -0.25) is 14.9 Å². The molecule has 3 aromatic rings. The topological polar surface area (TPSA) is 110 Å². The third-order valence-corrected chi connectivity index (χ3v) is 7.33. The molecule has 3 aromatic carbocycles. The molecule has 0 saturated heterocycles. The number of fused-ring (bicyclic) bond motifs is 1. The van der Waals surface area contributed by atoms with Gasteiger partial charge >= 0.3 is 0 Å². The molecule has 0 radical (unpaired) electrons. The van der Waals surface area contributed by atoms with Gasteiger partial charge in [0.25, 0.3) is 5.69 Å². The number of hydrogen-bond donors (Lipinski definition) is 1. The van der Waals surface area contributed by atoms with Crippen LogP contribution in [0.4, 0.5) is 11.4 Å². The summed E-state index contributed by atoms with van der Waals surface area (Å²) in [4.78, 5) is 23.8. The van der Waals surface area contributed by atoms with Crippen LogP contribution >= 0.6 is 0 Å². The van der Waals surface area contributed by atoms with Gasteiger partial charge in [0.15, 0.2) is 0 Å². The van der Waals surface area contributed by atoms with E-state index in [1.807, 2.05) is 31.2 Å². The molecule has 164 valence electrons. The molecule has 9 heteroatoms. The predicted octanol–water partition coefficient (Wildman–Crippen LogP) is 3.66. The Bertz CT molecular complexity index is 1290. The number of rotatable bonds is 5. The maximum absolute atomic E-state index is 13.5. The van der Waals surface area contributed by atoms with Crippen LogP contribution in [-0.4, -0.2) is 29.6 Å². The number of anilines is 1. The van der Waals surface area contributed by atoms with Crippen molar-refractivity contribution in [2.24, 2.45) is 0 Å². The summed E-state index contributed by atoms with van der Waals surface area (Å²) < 4.78 is 28.2. The number of nitrogens with one attached hydrogen (secondary N) is 1. The highest BCUT2D eigenvalue weighted by molar-refractivity contribution is 7.89. The predicted molar refractivity (Wildman–Crippen MR) is 120 cm³/mol. The van der Waals surface area contributed by atoms with Gasteiger partial charge < -0.3 is 5.32 Å². The van der Waals surface area contributed by atoms with E-state index in [4.69, 9.17) is 0 Å². The van der Waals surface area contributed by atoms with Crippen molar-refractivity contribution in [1.29, 1.82) is 0 Å². The van der Waals surface area contributed by atoms with E-state index in [0.29, 0.717) is 0 Å². The molecule has 8 nitrogen and oxygen atoms in total. The van der Waals surface area contributed by atoms with Gasteiger partial charge in [-0.25, -0.2) is 8.42 Å². The second kappa shape index (κ2) is 8.52. The number of nitro groups is 1. The Kier molecular flexibility index (Phi) is 5.77. The monoisotopic (exact) mass is 451 g/mol. The summed E-state index contributed by atoms with van der Waals surface area (Å²) in [5.74, 6) is -0.546. The summed E-state index contributed by atoms with van der Waals surface area (Å²) in [5, 5.41) is 13.7. The Hall–Kier alpha value is -3.56. The lowest BCUT2D eigenvalue weighted by Crippen LogP contribution is -2.50. The van der Waals surface area contributed by atoms with Gasteiger partial charge in [-0.15, -0.1) is 0 Å². The van der Waals surface area contributed by atoms with E-state index < -0.39 is 26.9 Å². The molecule has 1 N–H and O–H groups in total. The van der Waals surface area contributed by atoms with Crippen LogP contribution < -0.4 is 5.32 Å². The van der Waals surface area contributed by atoms with Crippen molar-refractivity contribution in [1.82, 2.24) is 4.31 Å². The molecule has 0 spiro atoms. The normalized spacial score (nSPS) is 16.2. The minimum Gasteiger partial charge on any atom is -0.324 e. The molecule has 32 heavy (non-hydrogen) atoms. The van der Waals surface area contributed by atoms with E-state index in [1.165, 1.54) is 40.7 Å². The van der Waals surface area contributed by atoms with Crippen LogP contribution in [0, 0.1) is 17.0 Å². The lowest BCUT2D eigenvalue weighted by atomic mass is 9.95. The van der Waals surface area contributed by atoms with Gasteiger partial charge in [-0.2, -0.15) is 4.31 Å². The second-order valence-electron chi connectivity index (χ2n) is 7.65. The van der Waals surface area contributed by atoms with Crippen LogP contribution in [0.15, 0.2) is 77.7 Å². The van der Waals surface area contributed by atoms with Crippen LogP contribution in [0.25, 0.3) is 0 Å². The van der Waals surface area contributed by atoms with Crippen molar-refractivity contribution >= 4 is 27.3 Å². The smallest absolute Gasteiger partial charge is 0.271 e. The van der Waals surface area contributed by atoms with Gasteiger partial charge in [0.1, 0.15) is 6.04 Å². The number of carbonyl (C=O) groups excluding carboxylic acids is 1. The number of non-ortho nitro benzene ring substituents is 1. The van der Waals surface area contributed by atoms with E-state index in [-0.39, 0.29) is 29.2 Å². The average Bonchev–Trinajstić information content (AvgIpc) is 2.78. The van der Waals surface area contributed by atoms with Crippen molar-refractivity contribution < 1.29 is 18.1 Å². The van der Waals surface area contributed by atoms with Crippen molar-refractivity contribution in [3.8, 4) is 0 Å². The molecule has 0 unspecified atom stereocenters. The molecule has 4 rings (SSSR count). The minimum atomic E-state index is -3.97. The molecular weight excluding hydrogens is 430 g/mol. The Morgan fingerprint density at radius 2 is 1.72 bits per heavy atom. The quantitative estimate of drug-likeness (QED) is 0.470. The average molecular weight is 452 g/mol. The molecule has 0 aromatic heterocycles. The molecule has 0 bridgehead atoms. The molecule has 0 aliphatic carbocycles. The fraction of sp³-hybridized carbons (Fsp3) is 0.174. The summed E-state index contributed by atoms with van der Waals surface area (Å²) in [7, 11) is -3.97. The molecule has 1 aliphatic heterocycles. The number of nitrogens with zero attached hydrogens (tertiary/aromatic N) is 2. The maximum atomic E-state index is 13.5. The molecule has 0 saturated carbocycles. The molecule has 1 aliphatic rings. The zero-order valence-corrected chi connectivity index (χ0v) is 18.1. The lowest BCUT2D eigenvalue weighted by molar-refractivity contribution is -0.384. The summed E-state index contributed by atoms with van der Waals surface area (Å²) in [6, 6.07) is 18.4. The molecule has 0 fully saturated rings. The summed E-state index contributed by atoms with van der Waals surface area (Å²) in [6.07, 6.45) is 0.196. The third kappa shape index (κ3) is 4.25. The third-order valence-electron chi connectivity index (χ3n) is 5.46. The van der Waals surface area contributed by atoms with E-state index >= 15 is 0 Å². The van der Waals surface area contributed by atoms with Crippen LogP contribution in [0.1, 0.15) is 16.7 Å². The van der Waals surface area contributed by atoms with Gasteiger partial charge in [-0.05, 0) is 42.7 Å². The van der Waals surface area contributed by atoms with Gasteiger partial charge in [0.05, 0.1) is 9.82 Å². The minimum absolute atomic E-state index is 0.0550. The largest absolute Gasteiger partial charge is 0.324 e. The Morgan fingerprint density at radius 1 is 1.03 bits per heavy atom. The first-order valence-corrected chi connectivity index (χ1v) is 11.4. The highest BCUT2D eigenvalue weighted by Gasteiger charge is 2.39. The zero-order chi connectivity index (χ0) is 22.9. The summed E-state index contributed by atoms with van der Waals surface area (Å²) in [5.41, 5.74) is 2.72. The van der Waals surface area contributed by atoms with Gasteiger partial charge in [0, 0.05) is 24.4 Å². The van der Waals surface area contributed by atoms with Crippen molar-refractivity contribution in [3.63, 3.8) is 0 Å². The number of hydrogen-bond acceptors (Lipinski definition) is 5. The highest BCUT2D eigenvalue weighted by Crippen LogP contribution is 2.30. The number of nitro benzene ring substituents is 1. The molecule has 1 atom stereocenters. The number of aryl methyl sites for hydroxylation is 1. The SMILES string of the molecule is Cc1ccc(S(=O)(=O)N2Cc3ccccc3C[C@@H]2C(=O)Nc2cccc([N+](=O)[O-])c2)cc1. The number of carbonyl (C=O) groups is 1. The summed E-state index contributed by atoms with van der Waals surface area (Å²) in [6.45, 7) is 1.92. The first-order valence-electron chi connectivity index (χ1n) is 9.96. The van der Waals surface area contributed by atoms with E-state index in [0.717, 1.165) is 16.7 Å². The van der Waals surface area contributed by atoms with Crippen LogP contribution in [-0.2, 0) is 27.8 Å². The zero-order valence-electron chi connectivity index (χ0n) is 17.3.